The van der Waals surface area contributed by atoms with E-state index in [4.69, 9.17) is 5.11 Å². The average molecular weight is 250 g/mol. The molecule has 0 bridgehead atoms. The highest BCUT2D eigenvalue weighted by Crippen LogP contribution is 2.14. The van der Waals surface area contributed by atoms with Crippen LogP contribution in [0, 0.1) is 0 Å². The number of amides is 2. The normalized spacial score (nSPS) is 11.7. The highest BCUT2D eigenvalue weighted by Gasteiger charge is 2.04. The number of benzene rings is 1. The van der Waals surface area contributed by atoms with Gasteiger partial charge in [0, 0.05) is 24.7 Å². The van der Waals surface area contributed by atoms with Crippen LogP contribution in [0.15, 0.2) is 24.3 Å². The van der Waals surface area contributed by atoms with Crippen molar-refractivity contribution in [1.82, 2.24) is 0 Å². The first-order chi connectivity index (χ1) is 8.47. The van der Waals surface area contributed by atoms with E-state index in [1.54, 1.807) is 31.2 Å². The molecule has 5 heteroatoms. The number of aliphatic hydroxyl groups excluding tert-OH is 1. The maximum atomic E-state index is 11.5. The summed E-state index contributed by atoms with van der Waals surface area (Å²) in [5, 5.41) is 14.4. The maximum Gasteiger partial charge on any atom is 0.224 e. The summed E-state index contributed by atoms with van der Waals surface area (Å²) in [5.74, 6) is -0.271. The van der Waals surface area contributed by atoms with Crippen LogP contribution in [0.3, 0.4) is 0 Å². The first-order valence-electron chi connectivity index (χ1n) is 5.83. The van der Waals surface area contributed by atoms with E-state index in [2.05, 4.69) is 10.6 Å². The van der Waals surface area contributed by atoms with Crippen LogP contribution in [0.2, 0.25) is 0 Å². The monoisotopic (exact) mass is 250 g/mol. The van der Waals surface area contributed by atoms with Gasteiger partial charge in [-0.2, -0.15) is 0 Å². The highest BCUT2D eigenvalue weighted by molar-refractivity contribution is 5.92. The molecule has 1 aromatic rings. The van der Waals surface area contributed by atoms with Crippen molar-refractivity contribution in [1.29, 1.82) is 0 Å². The standard InChI is InChI=1S/C13H18N2O3/c1-9(16)3-8-13(18)15-12-6-4-11(5-7-12)14-10(2)17/h4-7,9,16H,3,8H2,1-2H3,(H,14,17)(H,15,18). The minimum absolute atomic E-state index is 0.135. The molecular formula is C13H18N2O3. The zero-order chi connectivity index (χ0) is 13.5. The van der Waals surface area contributed by atoms with Crippen molar-refractivity contribution in [2.75, 3.05) is 10.6 Å². The van der Waals surface area contributed by atoms with E-state index >= 15 is 0 Å². The number of rotatable bonds is 5. The van der Waals surface area contributed by atoms with Crippen LogP contribution in [-0.4, -0.2) is 23.0 Å². The Kier molecular flexibility index (Phi) is 5.32. The summed E-state index contributed by atoms with van der Waals surface area (Å²) in [7, 11) is 0. The molecule has 0 aromatic heterocycles. The number of anilines is 2. The third-order valence-corrected chi connectivity index (χ3v) is 2.28. The first kappa shape index (κ1) is 14.2. The molecule has 1 rings (SSSR count). The second-order valence-electron chi connectivity index (χ2n) is 4.19. The van der Waals surface area contributed by atoms with Crippen molar-refractivity contribution in [3.05, 3.63) is 24.3 Å². The fourth-order valence-electron chi connectivity index (χ4n) is 1.40. The predicted molar refractivity (Wildman–Crippen MR) is 70.3 cm³/mol. The van der Waals surface area contributed by atoms with Crippen LogP contribution in [0.25, 0.3) is 0 Å². The largest absolute Gasteiger partial charge is 0.393 e. The van der Waals surface area contributed by atoms with E-state index in [1.807, 2.05) is 0 Å². The lowest BCUT2D eigenvalue weighted by Crippen LogP contribution is -2.14. The van der Waals surface area contributed by atoms with Crippen LogP contribution in [0.4, 0.5) is 11.4 Å². The Bertz CT molecular complexity index is 413. The molecule has 0 aliphatic carbocycles. The first-order valence-corrected chi connectivity index (χ1v) is 5.83. The molecule has 0 saturated heterocycles. The van der Waals surface area contributed by atoms with Crippen molar-refractivity contribution in [3.8, 4) is 0 Å². The minimum Gasteiger partial charge on any atom is -0.393 e. The van der Waals surface area contributed by atoms with E-state index < -0.39 is 6.10 Å². The van der Waals surface area contributed by atoms with Gasteiger partial charge >= 0.3 is 0 Å². The summed E-state index contributed by atoms with van der Waals surface area (Å²) in [5.41, 5.74) is 1.35. The lowest BCUT2D eigenvalue weighted by atomic mass is 10.2. The van der Waals surface area contributed by atoms with Crippen LogP contribution < -0.4 is 10.6 Å². The zero-order valence-electron chi connectivity index (χ0n) is 10.6. The highest BCUT2D eigenvalue weighted by atomic mass is 16.3. The van der Waals surface area contributed by atoms with Crippen molar-refractivity contribution in [3.63, 3.8) is 0 Å². The van der Waals surface area contributed by atoms with Gasteiger partial charge in [0.25, 0.3) is 0 Å². The van der Waals surface area contributed by atoms with E-state index in [0.717, 1.165) is 0 Å². The summed E-state index contributed by atoms with van der Waals surface area (Å²) in [6.45, 7) is 3.08. The molecule has 0 aliphatic heterocycles. The van der Waals surface area contributed by atoms with Gasteiger partial charge in [0.05, 0.1) is 6.10 Å². The summed E-state index contributed by atoms with van der Waals surface area (Å²) < 4.78 is 0. The van der Waals surface area contributed by atoms with Gasteiger partial charge < -0.3 is 15.7 Å². The van der Waals surface area contributed by atoms with E-state index in [1.165, 1.54) is 6.92 Å². The van der Waals surface area contributed by atoms with Gasteiger partial charge in [0.15, 0.2) is 0 Å². The predicted octanol–water partition coefficient (Wildman–Crippen LogP) is 1.74. The van der Waals surface area contributed by atoms with Gasteiger partial charge in [-0.1, -0.05) is 0 Å². The Morgan fingerprint density at radius 3 is 2.11 bits per heavy atom. The summed E-state index contributed by atoms with van der Waals surface area (Å²) in [4.78, 5) is 22.3. The SMILES string of the molecule is CC(=O)Nc1ccc(NC(=O)CCC(C)O)cc1. The molecule has 0 spiro atoms. The van der Waals surface area contributed by atoms with Gasteiger partial charge in [-0.25, -0.2) is 0 Å². The third-order valence-electron chi connectivity index (χ3n) is 2.28. The maximum absolute atomic E-state index is 11.5. The topological polar surface area (TPSA) is 78.4 Å². The molecule has 0 aliphatic rings. The number of carbonyl (C=O) groups excluding carboxylic acids is 2. The van der Waals surface area contributed by atoms with Crippen LogP contribution in [0.5, 0.6) is 0 Å². The number of nitrogens with one attached hydrogen (secondary N) is 2. The van der Waals surface area contributed by atoms with Crippen molar-refractivity contribution >= 4 is 23.2 Å². The molecule has 2 amide bonds. The van der Waals surface area contributed by atoms with E-state index in [9.17, 15) is 9.59 Å². The fourth-order valence-corrected chi connectivity index (χ4v) is 1.40. The minimum atomic E-state index is -0.474. The van der Waals surface area contributed by atoms with Crippen LogP contribution >= 0.6 is 0 Å². The fraction of sp³-hybridized carbons (Fsp3) is 0.385. The van der Waals surface area contributed by atoms with Crippen molar-refractivity contribution in [2.24, 2.45) is 0 Å². The Morgan fingerprint density at radius 1 is 1.17 bits per heavy atom. The molecule has 0 fully saturated rings. The third kappa shape index (κ3) is 5.45. The van der Waals surface area contributed by atoms with Gasteiger partial charge in [0.1, 0.15) is 0 Å². The summed E-state index contributed by atoms with van der Waals surface area (Å²) >= 11 is 0. The molecule has 0 saturated carbocycles. The lowest BCUT2D eigenvalue weighted by Gasteiger charge is -2.07. The summed E-state index contributed by atoms with van der Waals surface area (Å²) in [6, 6.07) is 6.86. The van der Waals surface area contributed by atoms with Crippen molar-refractivity contribution < 1.29 is 14.7 Å². The quantitative estimate of drug-likeness (QED) is 0.745. The Hall–Kier alpha value is -1.88. The second kappa shape index (κ2) is 6.76. The molecule has 5 nitrogen and oxygen atoms in total. The number of hydrogen-bond acceptors (Lipinski definition) is 3. The molecule has 98 valence electrons. The number of hydrogen-bond donors (Lipinski definition) is 3. The van der Waals surface area contributed by atoms with Crippen molar-refractivity contribution in [2.45, 2.75) is 32.8 Å². The number of carbonyl (C=O) groups is 2. The van der Waals surface area contributed by atoms with Crippen LogP contribution in [-0.2, 0) is 9.59 Å². The van der Waals surface area contributed by atoms with Gasteiger partial charge in [-0.3, -0.25) is 9.59 Å². The Morgan fingerprint density at radius 2 is 1.67 bits per heavy atom. The molecule has 1 aromatic carbocycles. The van der Waals surface area contributed by atoms with Gasteiger partial charge in [-0.05, 0) is 37.6 Å². The zero-order valence-corrected chi connectivity index (χ0v) is 10.6. The second-order valence-corrected chi connectivity index (χ2v) is 4.19. The number of aliphatic hydroxyl groups is 1. The van der Waals surface area contributed by atoms with Crippen LogP contribution in [0.1, 0.15) is 26.7 Å². The van der Waals surface area contributed by atoms with E-state index in [0.29, 0.717) is 17.8 Å². The summed E-state index contributed by atoms with van der Waals surface area (Å²) in [6.07, 6.45) is 0.249. The molecule has 0 heterocycles. The van der Waals surface area contributed by atoms with Gasteiger partial charge in [0.2, 0.25) is 11.8 Å². The Labute approximate surface area is 106 Å². The molecule has 0 radical (unpaired) electrons. The van der Waals surface area contributed by atoms with E-state index in [-0.39, 0.29) is 18.2 Å². The molecular weight excluding hydrogens is 232 g/mol. The molecule has 3 N–H and O–H groups in total. The molecule has 1 atom stereocenters. The Balaban J connectivity index is 2.48. The molecule has 1 unspecified atom stereocenters. The smallest absolute Gasteiger partial charge is 0.224 e. The van der Waals surface area contributed by atoms with Gasteiger partial charge in [-0.15, -0.1) is 0 Å². The molecule has 18 heavy (non-hydrogen) atoms. The lowest BCUT2D eigenvalue weighted by molar-refractivity contribution is -0.117. The average Bonchev–Trinajstić information content (AvgIpc) is 2.28.